The molecule has 0 saturated heterocycles. The number of hydrogen-bond acceptors (Lipinski definition) is 4. The van der Waals surface area contributed by atoms with E-state index in [0.717, 1.165) is 5.56 Å². The van der Waals surface area contributed by atoms with Crippen molar-refractivity contribution in [2.75, 3.05) is 20.8 Å². The first kappa shape index (κ1) is 23.0. The number of carbonyl (C=O) groups is 2. The second-order valence-corrected chi connectivity index (χ2v) is 7.57. The molecule has 0 bridgehead atoms. The third kappa shape index (κ3) is 6.37. The molecule has 0 aromatic heterocycles. The zero-order valence-electron chi connectivity index (χ0n) is 16.6. The van der Waals surface area contributed by atoms with Crippen LogP contribution >= 0.6 is 27.5 Å². The van der Waals surface area contributed by atoms with E-state index in [9.17, 15) is 9.59 Å². The molecule has 0 saturated carbocycles. The van der Waals surface area contributed by atoms with Gasteiger partial charge in [-0.25, -0.2) is 0 Å². The molecule has 0 unspecified atom stereocenters. The van der Waals surface area contributed by atoms with Gasteiger partial charge in [0.05, 0.1) is 11.6 Å². The van der Waals surface area contributed by atoms with Crippen molar-refractivity contribution in [2.24, 2.45) is 0 Å². The van der Waals surface area contributed by atoms with Gasteiger partial charge < -0.3 is 19.7 Å². The Balaban J connectivity index is 2.22. The number of ether oxygens (including phenoxy) is 2. The van der Waals surface area contributed by atoms with Crippen molar-refractivity contribution in [3.63, 3.8) is 0 Å². The van der Waals surface area contributed by atoms with Crippen molar-refractivity contribution in [3.8, 4) is 11.5 Å². The molecular weight excluding hydrogens is 460 g/mol. The van der Waals surface area contributed by atoms with Crippen LogP contribution in [0.4, 0.5) is 0 Å². The monoisotopic (exact) mass is 482 g/mol. The lowest BCUT2D eigenvalue weighted by atomic mass is 10.1. The number of rotatable bonds is 9. The van der Waals surface area contributed by atoms with Crippen LogP contribution in [0, 0.1) is 0 Å². The average molecular weight is 484 g/mol. The summed E-state index contributed by atoms with van der Waals surface area (Å²) in [5.41, 5.74) is 0.854. The number of likely N-dealkylation sites (N-methyl/N-ethyl adjacent to an activating group) is 1. The van der Waals surface area contributed by atoms with Gasteiger partial charge in [0.2, 0.25) is 5.91 Å². The van der Waals surface area contributed by atoms with Crippen LogP contribution in [-0.2, 0) is 16.1 Å². The molecule has 0 aliphatic heterocycles. The number of halogens is 2. The highest BCUT2D eigenvalue weighted by atomic mass is 79.9. The molecule has 0 fully saturated rings. The lowest BCUT2D eigenvalue weighted by molar-refractivity contribution is -0.142. The molecule has 29 heavy (non-hydrogen) atoms. The van der Waals surface area contributed by atoms with E-state index in [4.69, 9.17) is 21.1 Å². The maximum absolute atomic E-state index is 13.0. The van der Waals surface area contributed by atoms with Gasteiger partial charge in [0.25, 0.3) is 5.91 Å². The van der Waals surface area contributed by atoms with Crippen LogP contribution in [0.15, 0.2) is 46.9 Å². The van der Waals surface area contributed by atoms with E-state index in [2.05, 4.69) is 21.2 Å². The van der Waals surface area contributed by atoms with E-state index in [1.54, 1.807) is 32.4 Å². The standard InChI is InChI=1S/C21H24BrClN2O4/c1-4-18(21(27)24-2)25(12-14-6-5-7-16(10-14)28-3)20(26)13-29-19-9-8-15(23)11-17(19)22/h5-11,18H,4,12-13H2,1-3H3,(H,24,27)/t18-/m0/s1. The van der Waals surface area contributed by atoms with Crippen LogP contribution in [0.25, 0.3) is 0 Å². The predicted octanol–water partition coefficient (Wildman–Crippen LogP) is 4.04. The summed E-state index contributed by atoms with van der Waals surface area (Å²) in [6.45, 7) is 1.91. The minimum atomic E-state index is -0.615. The van der Waals surface area contributed by atoms with Gasteiger partial charge in [-0.05, 0) is 58.2 Å². The fraction of sp³-hybridized carbons (Fsp3) is 0.333. The minimum Gasteiger partial charge on any atom is -0.497 e. The summed E-state index contributed by atoms with van der Waals surface area (Å²) in [6, 6.07) is 11.8. The van der Waals surface area contributed by atoms with Crippen molar-refractivity contribution in [1.29, 1.82) is 0 Å². The quantitative estimate of drug-likeness (QED) is 0.584. The molecular formula is C21H24BrClN2O4. The highest BCUT2D eigenvalue weighted by Gasteiger charge is 2.28. The van der Waals surface area contributed by atoms with Crippen molar-refractivity contribution in [3.05, 3.63) is 57.5 Å². The lowest BCUT2D eigenvalue weighted by Gasteiger charge is -2.30. The van der Waals surface area contributed by atoms with E-state index >= 15 is 0 Å². The Morgan fingerprint density at radius 2 is 2.00 bits per heavy atom. The van der Waals surface area contributed by atoms with Crippen LogP contribution in [0.2, 0.25) is 5.02 Å². The van der Waals surface area contributed by atoms with Gasteiger partial charge >= 0.3 is 0 Å². The van der Waals surface area contributed by atoms with Gasteiger partial charge in [0.15, 0.2) is 6.61 Å². The molecule has 2 aromatic carbocycles. The smallest absolute Gasteiger partial charge is 0.261 e. The molecule has 1 atom stereocenters. The second-order valence-electron chi connectivity index (χ2n) is 6.27. The Bertz CT molecular complexity index is 862. The van der Waals surface area contributed by atoms with Gasteiger partial charge in [0.1, 0.15) is 17.5 Å². The Morgan fingerprint density at radius 3 is 2.62 bits per heavy atom. The maximum Gasteiger partial charge on any atom is 0.261 e. The van der Waals surface area contributed by atoms with E-state index < -0.39 is 6.04 Å². The van der Waals surface area contributed by atoms with Gasteiger partial charge in [-0.2, -0.15) is 0 Å². The average Bonchev–Trinajstić information content (AvgIpc) is 2.72. The zero-order chi connectivity index (χ0) is 21.4. The predicted molar refractivity (Wildman–Crippen MR) is 116 cm³/mol. The number of hydrogen-bond donors (Lipinski definition) is 1. The summed E-state index contributed by atoms with van der Waals surface area (Å²) in [7, 11) is 3.14. The van der Waals surface area contributed by atoms with E-state index in [0.29, 0.717) is 27.4 Å². The number of carbonyl (C=O) groups excluding carboxylic acids is 2. The summed E-state index contributed by atoms with van der Waals surface area (Å²) in [5.74, 6) is 0.655. The molecule has 2 aromatic rings. The van der Waals surface area contributed by atoms with Gasteiger partial charge in [-0.15, -0.1) is 0 Å². The number of methoxy groups -OCH3 is 1. The van der Waals surface area contributed by atoms with Crippen LogP contribution in [0.5, 0.6) is 11.5 Å². The molecule has 2 rings (SSSR count). The molecule has 2 amide bonds. The molecule has 0 heterocycles. The number of nitrogens with zero attached hydrogens (tertiary/aromatic N) is 1. The first-order chi connectivity index (χ1) is 13.9. The zero-order valence-corrected chi connectivity index (χ0v) is 18.9. The molecule has 0 aliphatic rings. The Labute approximate surface area is 184 Å². The summed E-state index contributed by atoms with van der Waals surface area (Å²) in [5, 5.41) is 3.18. The molecule has 0 radical (unpaired) electrons. The molecule has 0 spiro atoms. The van der Waals surface area contributed by atoms with E-state index in [1.165, 1.54) is 4.90 Å². The fourth-order valence-corrected chi connectivity index (χ4v) is 3.67. The minimum absolute atomic E-state index is 0.211. The van der Waals surface area contributed by atoms with Crippen LogP contribution in [0.3, 0.4) is 0 Å². The molecule has 0 aliphatic carbocycles. The normalized spacial score (nSPS) is 11.5. The second kappa shape index (κ2) is 11.1. The molecule has 8 heteroatoms. The van der Waals surface area contributed by atoms with Gasteiger partial charge in [0, 0.05) is 18.6 Å². The van der Waals surface area contributed by atoms with Gasteiger partial charge in [-0.1, -0.05) is 30.7 Å². The van der Waals surface area contributed by atoms with E-state index in [1.807, 2.05) is 31.2 Å². The fourth-order valence-electron chi connectivity index (χ4n) is 2.87. The highest BCUT2D eigenvalue weighted by molar-refractivity contribution is 9.10. The largest absolute Gasteiger partial charge is 0.497 e. The van der Waals surface area contributed by atoms with Crippen LogP contribution < -0.4 is 14.8 Å². The molecule has 1 N–H and O–H groups in total. The van der Waals surface area contributed by atoms with Crippen molar-refractivity contribution in [1.82, 2.24) is 10.2 Å². The number of benzene rings is 2. The topological polar surface area (TPSA) is 67.9 Å². The number of nitrogens with one attached hydrogen (secondary N) is 1. The Morgan fingerprint density at radius 1 is 1.24 bits per heavy atom. The van der Waals surface area contributed by atoms with Gasteiger partial charge in [-0.3, -0.25) is 9.59 Å². The Kier molecular flexibility index (Phi) is 8.79. The van der Waals surface area contributed by atoms with E-state index in [-0.39, 0.29) is 25.0 Å². The first-order valence-electron chi connectivity index (χ1n) is 9.11. The summed E-state index contributed by atoms with van der Waals surface area (Å²) in [4.78, 5) is 26.9. The maximum atomic E-state index is 13.0. The highest BCUT2D eigenvalue weighted by Crippen LogP contribution is 2.28. The third-order valence-electron chi connectivity index (χ3n) is 4.36. The molecule has 156 valence electrons. The molecule has 6 nitrogen and oxygen atoms in total. The van der Waals surface area contributed by atoms with Crippen LogP contribution in [0.1, 0.15) is 18.9 Å². The third-order valence-corrected chi connectivity index (χ3v) is 5.22. The van der Waals surface area contributed by atoms with Crippen LogP contribution in [-0.4, -0.2) is 43.5 Å². The van der Waals surface area contributed by atoms with Crippen molar-refractivity contribution < 1.29 is 19.1 Å². The SMILES string of the molecule is CC[C@@H](C(=O)NC)N(Cc1cccc(OC)c1)C(=O)COc1ccc(Cl)cc1Br. The number of amides is 2. The summed E-state index contributed by atoms with van der Waals surface area (Å²) >= 11 is 9.31. The van der Waals surface area contributed by atoms with Crippen molar-refractivity contribution in [2.45, 2.75) is 25.9 Å². The summed E-state index contributed by atoms with van der Waals surface area (Å²) in [6.07, 6.45) is 0.472. The first-order valence-corrected chi connectivity index (χ1v) is 10.3. The van der Waals surface area contributed by atoms with Crippen molar-refractivity contribution >= 4 is 39.3 Å². The summed E-state index contributed by atoms with van der Waals surface area (Å²) < 4.78 is 11.6. The lowest BCUT2D eigenvalue weighted by Crippen LogP contribution is -2.49. The Hall–Kier alpha value is -2.25.